The van der Waals surface area contributed by atoms with Crippen LogP contribution in [0.5, 0.6) is 0 Å². The number of aliphatic hydroxyl groups is 26. The number of rotatable bonds is 16. The number of carbonyl (C=O) groups is 1. The van der Waals surface area contributed by atoms with Gasteiger partial charge in [-0.3, -0.25) is 0 Å². The van der Waals surface area contributed by atoms with Gasteiger partial charge in [0.25, 0.3) is 0 Å². The van der Waals surface area contributed by atoms with Crippen LogP contribution in [0, 0.1) is 0 Å². The predicted molar refractivity (Wildman–Crippen MR) is 210 cm³/mol. The van der Waals surface area contributed by atoms with E-state index >= 15 is 0 Å². The largest absolute Gasteiger partial charge is 0.394 e. The van der Waals surface area contributed by atoms with Crippen molar-refractivity contribution < 1.29 is 171 Å². The molecule has 0 radical (unpaired) electrons. The Kier molecular flexibility index (Phi) is 26.6. The van der Waals surface area contributed by atoms with Gasteiger partial charge in [0.15, 0.2) is 25.2 Å². The number of aldehydes is 1. The molecule has 34 heteroatoms. The highest BCUT2D eigenvalue weighted by molar-refractivity contribution is 5.56. The third-order valence-corrected chi connectivity index (χ3v) is 11.4. The molecule has 5 rings (SSSR count). The second-order valence-corrected chi connectivity index (χ2v) is 16.2. The zero-order valence-electron chi connectivity index (χ0n) is 36.6. The van der Waals surface area contributed by atoms with Gasteiger partial charge in [0.2, 0.25) is 11.6 Å². The molecule has 5 aliphatic rings. The fourth-order valence-corrected chi connectivity index (χ4v) is 6.97. The minimum Gasteiger partial charge on any atom is -0.394 e. The van der Waals surface area contributed by atoms with Crippen LogP contribution in [-0.2, 0) is 38.0 Å². The first kappa shape index (κ1) is 64.5. The van der Waals surface area contributed by atoms with Crippen molar-refractivity contribution in [1.29, 1.82) is 0 Å². The Morgan fingerprint density at radius 1 is 0.471 bits per heavy atom. The highest BCUT2D eigenvalue weighted by Gasteiger charge is 2.59. The molecule has 0 bridgehead atoms. The lowest BCUT2D eigenvalue weighted by molar-refractivity contribution is -0.383. The van der Waals surface area contributed by atoms with Gasteiger partial charge in [-0.1, -0.05) is 0 Å². The summed E-state index contributed by atoms with van der Waals surface area (Å²) in [5.41, 5.74) is 0. The maximum atomic E-state index is 10.00. The lowest BCUT2D eigenvalue weighted by Crippen LogP contribution is -2.64. The Morgan fingerprint density at radius 3 is 1.33 bits per heavy atom. The molecular weight excluding hydrogens is 976 g/mol. The molecule has 0 saturated carbocycles. The van der Waals surface area contributed by atoms with Crippen molar-refractivity contribution in [2.45, 2.75) is 165 Å². The summed E-state index contributed by atoms with van der Waals surface area (Å²) in [7, 11) is 0. The number of aliphatic hydroxyl groups excluding tert-OH is 25. The normalized spacial score (nSPS) is 45.7. The summed E-state index contributed by atoms with van der Waals surface area (Å²) < 4.78 is 35.3. The molecule has 5 heterocycles. The van der Waals surface area contributed by atoms with E-state index in [1.165, 1.54) is 0 Å². The van der Waals surface area contributed by atoms with Crippen molar-refractivity contribution in [2.24, 2.45) is 0 Å². The van der Waals surface area contributed by atoms with Crippen LogP contribution in [0.4, 0.5) is 0 Å². The number of carbonyl (C=O) groups excluding carboxylic acids is 1. The highest BCUT2D eigenvalue weighted by atomic mass is 16.8. The first-order valence-electron chi connectivity index (χ1n) is 21.0. The molecule has 5 saturated heterocycles. The smallest absolute Gasteiger partial charge is 0.224 e. The first-order valence-corrected chi connectivity index (χ1v) is 21.0. The van der Waals surface area contributed by atoms with Gasteiger partial charge in [0.1, 0.15) is 141 Å². The van der Waals surface area contributed by atoms with Crippen LogP contribution in [0.2, 0.25) is 0 Å². The van der Waals surface area contributed by atoms with E-state index in [-0.39, 0.29) is 6.29 Å². The highest BCUT2D eigenvalue weighted by Crippen LogP contribution is 2.36. The number of ether oxygens (including phenoxy) is 7. The second kappa shape index (κ2) is 28.9. The van der Waals surface area contributed by atoms with Crippen LogP contribution in [0.25, 0.3) is 0 Å². The molecule has 0 aliphatic carbocycles. The third-order valence-electron chi connectivity index (χ3n) is 11.4. The van der Waals surface area contributed by atoms with Gasteiger partial charge in [-0.05, 0) is 0 Å². The van der Waals surface area contributed by atoms with E-state index in [2.05, 4.69) is 4.74 Å². The Balaban J connectivity index is 0.000000336. The van der Waals surface area contributed by atoms with Crippen molar-refractivity contribution >= 4 is 6.29 Å². The summed E-state index contributed by atoms with van der Waals surface area (Å²) in [5, 5.41) is 241. The predicted octanol–water partition coefficient (Wildman–Crippen LogP) is -17.4. The van der Waals surface area contributed by atoms with Gasteiger partial charge < -0.3 is 171 Å². The maximum absolute atomic E-state index is 10.00. The molecule has 34 nitrogen and oxygen atoms in total. The Morgan fingerprint density at radius 2 is 0.929 bits per heavy atom. The van der Waals surface area contributed by atoms with Crippen molar-refractivity contribution in [1.82, 2.24) is 0 Å². The van der Waals surface area contributed by atoms with E-state index < -0.39 is 218 Å². The molecule has 5 fully saturated rings. The quantitative estimate of drug-likeness (QED) is 0.0638. The lowest BCUT2D eigenvalue weighted by atomic mass is 9.97. The fraction of sp³-hybridized carbons (Fsp3) is 0.972. The minimum absolute atomic E-state index is 0.0258. The van der Waals surface area contributed by atoms with E-state index in [9.17, 15) is 76.3 Å². The standard InChI is InChI=1S/2C12H22O11.2C6H12O6/c13-1-4-6(16)8(18)9(19)11(21-4)23-12(3-15)10(20)7(17)5(2-14)22-12;13-1-3-5(15)6(16)9(19)12(22-3)23-10-4(2-14)21-11(20)8(18)7(10)17;7-1-3-4(9)5(10)6(11,2-8)12-3;7-1-3(9)5(11)6(12)4(10)2-8/h4-11,13-20H,1-3H2;3-20H,1-2H2;3-5,7-11H,1-2H2;1,3-6,8-12H,2H2/t4-,5-,6-,7-,8+,9-,10+,11-,12+;3-,4-,5+,6+,7-,8-,9-,10-,11-,12+;3-,4-,5+,6-;3-,4+,5+,6+/m1110/s1. The molecule has 5 aliphatic heterocycles. The summed E-state index contributed by atoms with van der Waals surface area (Å²) >= 11 is 0. The second-order valence-electron chi connectivity index (χ2n) is 16.2. The number of hydrogen-bond donors (Lipinski definition) is 26. The maximum Gasteiger partial charge on any atom is 0.224 e. The molecule has 0 aromatic heterocycles. The zero-order chi connectivity index (χ0) is 53.7. The van der Waals surface area contributed by atoms with Crippen LogP contribution >= 0.6 is 0 Å². The van der Waals surface area contributed by atoms with Gasteiger partial charge in [0, 0.05) is 0 Å². The monoisotopic (exact) mass is 1040 g/mol. The van der Waals surface area contributed by atoms with Crippen LogP contribution < -0.4 is 0 Å². The molecule has 0 spiro atoms. The summed E-state index contributed by atoms with van der Waals surface area (Å²) in [6.45, 7) is -5.79. The van der Waals surface area contributed by atoms with E-state index in [1.807, 2.05) is 0 Å². The lowest BCUT2D eigenvalue weighted by Gasteiger charge is -2.45. The summed E-state index contributed by atoms with van der Waals surface area (Å²) in [6.07, 6.45) is -39.1. The van der Waals surface area contributed by atoms with E-state index in [0.29, 0.717) is 0 Å². The summed E-state index contributed by atoms with van der Waals surface area (Å²) in [6, 6.07) is 0. The van der Waals surface area contributed by atoms with Gasteiger partial charge in [-0.15, -0.1) is 0 Å². The SMILES string of the molecule is O=C[C@H](O)[C@@H](O)[C@H](O)[C@H](O)CO.OC[C@H]1O[C@@H](O[C@H]2[C@H](O)[C@@H](O)[C@H](O)O[C@@H]2CO)[C@H](O)[C@@H](O)[C@H]1O.OC[C@H]1O[C@@](CO)(O[C@H]2O[C@H](CO)[C@@H](O)[C@H](O)[C@H]2O)[C@@H](O)[C@@H]1O.OC[C@H]1O[C@](O)(CO)[C@@H](O)[C@@H]1O. The number of hydrogen-bond acceptors (Lipinski definition) is 34. The van der Waals surface area contributed by atoms with Crippen molar-refractivity contribution in [3.8, 4) is 0 Å². The van der Waals surface area contributed by atoms with E-state index in [0.717, 1.165) is 0 Å². The van der Waals surface area contributed by atoms with Crippen molar-refractivity contribution in [3.05, 3.63) is 0 Å². The van der Waals surface area contributed by atoms with Gasteiger partial charge in [0.05, 0.1) is 46.2 Å². The van der Waals surface area contributed by atoms with Crippen LogP contribution in [0.3, 0.4) is 0 Å². The van der Waals surface area contributed by atoms with Crippen LogP contribution in [-0.4, -0.2) is 357 Å². The molecule has 0 aromatic carbocycles. The molecule has 0 aromatic rings. The van der Waals surface area contributed by atoms with E-state index in [4.69, 9.17) is 89.7 Å². The topological polar surface area (TPSA) is 608 Å². The molecule has 26 N–H and O–H groups in total. The van der Waals surface area contributed by atoms with E-state index in [1.54, 1.807) is 0 Å². The van der Waals surface area contributed by atoms with Crippen LogP contribution in [0.15, 0.2) is 0 Å². The average Bonchev–Trinajstić information content (AvgIpc) is 3.75. The molecule has 416 valence electrons. The minimum atomic E-state index is -2.22. The molecular formula is C36H68O34. The summed E-state index contributed by atoms with van der Waals surface area (Å²) in [5.74, 6) is -4.38. The molecule has 70 heavy (non-hydrogen) atoms. The zero-order valence-corrected chi connectivity index (χ0v) is 36.6. The van der Waals surface area contributed by atoms with Crippen molar-refractivity contribution in [3.63, 3.8) is 0 Å². The van der Waals surface area contributed by atoms with Gasteiger partial charge >= 0.3 is 0 Å². The fourth-order valence-electron chi connectivity index (χ4n) is 6.97. The van der Waals surface area contributed by atoms with Crippen LogP contribution in [0.1, 0.15) is 0 Å². The van der Waals surface area contributed by atoms with Gasteiger partial charge in [-0.2, -0.15) is 0 Å². The molecule has 0 unspecified atom stereocenters. The van der Waals surface area contributed by atoms with Crippen molar-refractivity contribution in [2.75, 3.05) is 52.9 Å². The Hall–Kier alpha value is -1.65. The van der Waals surface area contributed by atoms with Gasteiger partial charge in [-0.25, -0.2) is 0 Å². The molecule has 0 amide bonds. The summed E-state index contributed by atoms with van der Waals surface area (Å²) in [4.78, 5) is 9.90. The Bertz CT molecular complexity index is 1470. The average molecular weight is 1040 g/mol. The third kappa shape index (κ3) is 15.0. The molecule has 27 atom stereocenters. The Labute approximate surface area is 394 Å². The first-order chi connectivity index (χ1) is 32.7.